The molecule has 4 atom stereocenters. The maximum atomic E-state index is 6.10. The molecule has 0 aliphatic heterocycles. The molecule has 2 heteroatoms. The SMILES string of the molecule is CC1CCCC(CN)(NC2CCC(C)C2)CC1. The summed E-state index contributed by atoms with van der Waals surface area (Å²) in [6.45, 7) is 5.60. The maximum absolute atomic E-state index is 6.10. The minimum atomic E-state index is 0.263. The monoisotopic (exact) mass is 238 g/mol. The number of nitrogens with two attached hydrogens (primary N) is 1. The first-order valence-electron chi connectivity index (χ1n) is 7.61. The van der Waals surface area contributed by atoms with Crippen molar-refractivity contribution < 1.29 is 0 Å². The Hall–Kier alpha value is -0.0800. The lowest BCUT2D eigenvalue weighted by Gasteiger charge is -2.36. The van der Waals surface area contributed by atoms with Crippen LogP contribution in [0.5, 0.6) is 0 Å². The molecule has 100 valence electrons. The van der Waals surface area contributed by atoms with Gasteiger partial charge in [-0.1, -0.05) is 26.7 Å². The van der Waals surface area contributed by atoms with Crippen LogP contribution >= 0.6 is 0 Å². The topological polar surface area (TPSA) is 38.0 Å². The molecule has 17 heavy (non-hydrogen) atoms. The predicted octanol–water partition coefficient (Wildman–Crippen LogP) is 3.06. The molecule has 0 bridgehead atoms. The zero-order chi connectivity index (χ0) is 12.3. The first-order valence-corrected chi connectivity index (χ1v) is 7.61. The van der Waals surface area contributed by atoms with Gasteiger partial charge in [0.05, 0.1) is 0 Å². The van der Waals surface area contributed by atoms with Crippen molar-refractivity contribution in [2.45, 2.75) is 76.8 Å². The lowest BCUT2D eigenvalue weighted by Crippen LogP contribution is -2.54. The molecule has 0 radical (unpaired) electrons. The molecule has 0 aromatic rings. The van der Waals surface area contributed by atoms with E-state index in [1.54, 1.807) is 0 Å². The van der Waals surface area contributed by atoms with Gasteiger partial charge in [-0.15, -0.1) is 0 Å². The lowest BCUT2D eigenvalue weighted by atomic mass is 9.88. The van der Waals surface area contributed by atoms with Gasteiger partial charge in [0.25, 0.3) is 0 Å². The molecule has 2 saturated carbocycles. The average molecular weight is 238 g/mol. The fraction of sp³-hybridized carbons (Fsp3) is 1.00. The van der Waals surface area contributed by atoms with Gasteiger partial charge in [-0.25, -0.2) is 0 Å². The van der Waals surface area contributed by atoms with E-state index in [-0.39, 0.29) is 5.54 Å². The van der Waals surface area contributed by atoms with Gasteiger partial charge in [0.2, 0.25) is 0 Å². The van der Waals surface area contributed by atoms with Crippen LogP contribution in [-0.2, 0) is 0 Å². The lowest BCUT2D eigenvalue weighted by molar-refractivity contribution is 0.254. The molecule has 0 saturated heterocycles. The standard InChI is InChI=1S/C15H30N2/c1-12-4-3-8-15(11-16,9-7-12)17-14-6-5-13(2)10-14/h12-14,17H,3-11,16H2,1-2H3. The fourth-order valence-electron chi connectivity index (χ4n) is 3.76. The molecule has 2 fully saturated rings. The third kappa shape index (κ3) is 3.45. The van der Waals surface area contributed by atoms with E-state index in [2.05, 4.69) is 19.2 Å². The second kappa shape index (κ2) is 5.71. The molecule has 0 amide bonds. The van der Waals surface area contributed by atoms with Crippen molar-refractivity contribution in [3.05, 3.63) is 0 Å². The predicted molar refractivity (Wildman–Crippen MR) is 74.0 cm³/mol. The first-order chi connectivity index (χ1) is 8.13. The summed E-state index contributed by atoms with van der Waals surface area (Å²) in [7, 11) is 0. The van der Waals surface area contributed by atoms with Crippen molar-refractivity contribution in [2.24, 2.45) is 17.6 Å². The third-order valence-corrected chi connectivity index (χ3v) is 5.06. The quantitative estimate of drug-likeness (QED) is 0.742. The molecule has 2 aliphatic carbocycles. The number of nitrogens with one attached hydrogen (secondary N) is 1. The normalized spacial score (nSPS) is 43.6. The van der Waals surface area contributed by atoms with E-state index >= 15 is 0 Å². The van der Waals surface area contributed by atoms with E-state index in [9.17, 15) is 0 Å². The largest absolute Gasteiger partial charge is 0.329 e. The van der Waals surface area contributed by atoms with E-state index in [4.69, 9.17) is 5.73 Å². The summed E-state index contributed by atoms with van der Waals surface area (Å²) >= 11 is 0. The molecule has 4 unspecified atom stereocenters. The minimum absolute atomic E-state index is 0.263. The van der Waals surface area contributed by atoms with Crippen molar-refractivity contribution in [2.75, 3.05) is 6.54 Å². The van der Waals surface area contributed by atoms with E-state index in [1.807, 2.05) is 0 Å². The highest BCUT2D eigenvalue weighted by Gasteiger charge is 2.34. The van der Waals surface area contributed by atoms with E-state index < -0.39 is 0 Å². The van der Waals surface area contributed by atoms with Crippen molar-refractivity contribution in [1.29, 1.82) is 0 Å². The highest BCUT2D eigenvalue weighted by molar-refractivity contribution is 4.95. The Kier molecular flexibility index (Phi) is 4.48. The van der Waals surface area contributed by atoms with Gasteiger partial charge in [-0.2, -0.15) is 0 Å². The fourth-order valence-corrected chi connectivity index (χ4v) is 3.76. The zero-order valence-electron chi connectivity index (χ0n) is 11.7. The highest BCUT2D eigenvalue weighted by atomic mass is 15.0. The molecular formula is C15H30N2. The molecule has 2 rings (SSSR count). The van der Waals surface area contributed by atoms with Crippen molar-refractivity contribution >= 4 is 0 Å². The summed E-state index contributed by atoms with van der Waals surface area (Å²) in [4.78, 5) is 0. The van der Waals surface area contributed by atoms with Crippen LogP contribution in [0.25, 0.3) is 0 Å². The van der Waals surface area contributed by atoms with Crippen LogP contribution in [-0.4, -0.2) is 18.1 Å². The highest BCUT2D eigenvalue weighted by Crippen LogP contribution is 2.33. The summed E-state index contributed by atoms with van der Waals surface area (Å²) in [5.41, 5.74) is 6.37. The van der Waals surface area contributed by atoms with Crippen LogP contribution in [0.4, 0.5) is 0 Å². The summed E-state index contributed by atoms with van der Waals surface area (Å²) in [5.74, 6) is 1.81. The van der Waals surface area contributed by atoms with Gasteiger partial charge < -0.3 is 11.1 Å². The van der Waals surface area contributed by atoms with Gasteiger partial charge in [0.15, 0.2) is 0 Å². The zero-order valence-corrected chi connectivity index (χ0v) is 11.7. The smallest absolute Gasteiger partial charge is 0.0306 e. The van der Waals surface area contributed by atoms with Gasteiger partial charge in [-0.05, 0) is 50.4 Å². The van der Waals surface area contributed by atoms with Crippen molar-refractivity contribution in [3.63, 3.8) is 0 Å². The second-order valence-corrected chi connectivity index (χ2v) is 6.78. The Morgan fingerprint density at radius 3 is 2.53 bits per heavy atom. The number of hydrogen-bond acceptors (Lipinski definition) is 2. The molecular weight excluding hydrogens is 208 g/mol. The Morgan fingerprint density at radius 2 is 1.88 bits per heavy atom. The van der Waals surface area contributed by atoms with Crippen molar-refractivity contribution in [1.82, 2.24) is 5.32 Å². The number of hydrogen-bond donors (Lipinski definition) is 2. The second-order valence-electron chi connectivity index (χ2n) is 6.78. The summed E-state index contributed by atoms with van der Waals surface area (Å²) in [6.07, 6.45) is 10.8. The number of rotatable bonds is 3. The molecule has 0 spiro atoms. The van der Waals surface area contributed by atoms with Gasteiger partial charge >= 0.3 is 0 Å². The molecule has 0 heterocycles. The van der Waals surface area contributed by atoms with Gasteiger partial charge in [-0.3, -0.25) is 0 Å². The van der Waals surface area contributed by atoms with Crippen LogP contribution in [0, 0.1) is 11.8 Å². The summed E-state index contributed by atoms with van der Waals surface area (Å²) in [6, 6.07) is 0.738. The van der Waals surface area contributed by atoms with Gasteiger partial charge in [0, 0.05) is 18.1 Å². The van der Waals surface area contributed by atoms with Crippen LogP contribution in [0.2, 0.25) is 0 Å². The Bertz CT molecular complexity index is 241. The Labute approximate surface area is 107 Å². The third-order valence-electron chi connectivity index (χ3n) is 5.06. The summed E-state index contributed by atoms with van der Waals surface area (Å²) in [5, 5.41) is 3.95. The van der Waals surface area contributed by atoms with Crippen LogP contribution < -0.4 is 11.1 Å². The minimum Gasteiger partial charge on any atom is -0.329 e. The molecule has 0 aromatic heterocycles. The van der Waals surface area contributed by atoms with Crippen LogP contribution in [0.15, 0.2) is 0 Å². The molecule has 3 N–H and O–H groups in total. The van der Waals surface area contributed by atoms with E-state index in [0.29, 0.717) is 0 Å². The van der Waals surface area contributed by atoms with Crippen molar-refractivity contribution in [3.8, 4) is 0 Å². The summed E-state index contributed by atoms with van der Waals surface area (Å²) < 4.78 is 0. The van der Waals surface area contributed by atoms with Gasteiger partial charge in [0.1, 0.15) is 0 Å². The first kappa shape index (κ1) is 13.4. The Balaban J connectivity index is 1.93. The molecule has 2 aliphatic rings. The van der Waals surface area contributed by atoms with Crippen LogP contribution in [0.3, 0.4) is 0 Å². The van der Waals surface area contributed by atoms with Crippen LogP contribution in [0.1, 0.15) is 65.2 Å². The Morgan fingerprint density at radius 1 is 1.06 bits per heavy atom. The maximum Gasteiger partial charge on any atom is 0.0306 e. The molecule has 0 aromatic carbocycles. The average Bonchev–Trinajstić information content (AvgIpc) is 2.61. The van der Waals surface area contributed by atoms with E-state index in [0.717, 1.165) is 24.4 Å². The molecule has 2 nitrogen and oxygen atoms in total. The van der Waals surface area contributed by atoms with E-state index in [1.165, 1.54) is 51.4 Å².